The van der Waals surface area contributed by atoms with E-state index in [0.717, 1.165) is 25.0 Å². The van der Waals surface area contributed by atoms with Crippen LogP contribution < -0.4 is 27.2 Å². The Morgan fingerprint density at radius 1 is 0.652 bits per heavy atom. The molecule has 2 unspecified atom stereocenters. The molecule has 0 fully saturated rings. The second-order valence-electron chi connectivity index (χ2n) is 13.2. The fourth-order valence-electron chi connectivity index (χ4n) is 5.70. The van der Waals surface area contributed by atoms with Crippen LogP contribution in [0.25, 0.3) is 0 Å². The molecule has 46 heavy (non-hydrogen) atoms. The molecule has 0 radical (unpaired) electrons. The Labute approximate surface area is 269 Å². The van der Waals surface area contributed by atoms with Gasteiger partial charge < -0.3 is 14.6 Å². The first-order chi connectivity index (χ1) is 21.5. The van der Waals surface area contributed by atoms with Gasteiger partial charge in [-0.15, -0.1) is 0 Å². The number of carbonyl (C=O) groups excluding carboxylic acids is 2. The first kappa shape index (κ1) is 34.4. The second-order valence-corrected chi connectivity index (χ2v) is 16.7. The highest BCUT2D eigenvalue weighted by Gasteiger charge is 2.63. The summed E-state index contributed by atoms with van der Waals surface area (Å²) in [7, 11) is -0.795. The first-order valence-corrected chi connectivity index (χ1v) is 16.9. The van der Waals surface area contributed by atoms with Crippen molar-refractivity contribution in [3.63, 3.8) is 0 Å². The highest BCUT2D eigenvalue weighted by molar-refractivity contribution is 7.97. The van der Waals surface area contributed by atoms with E-state index in [1.165, 1.54) is 14.1 Å². The van der Waals surface area contributed by atoms with Gasteiger partial charge in [0.25, 0.3) is 5.56 Å². The molecule has 1 N–H and O–H groups in total. The standard InChI is InChI=1S/C36H41N2O7P/c1-35(2,3)44-32(41)27(28-30(39)37(7)34(43)38(8)31(28)40)29(33(42)45-36(4,5)6)46(24-18-12-9-13-19-24,25-20-14-10-15-21-25)26-22-16-11-17-23-26/h9-23,27,29H,1-8H3/p+1. The van der Waals surface area contributed by atoms with Crippen molar-refractivity contribution < 1.29 is 24.2 Å². The molecule has 4 rings (SSSR count). The Morgan fingerprint density at radius 3 is 1.39 bits per heavy atom. The molecule has 0 aliphatic rings. The van der Waals surface area contributed by atoms with E-state index in [2.05, 4.69) is 0 Å². The van der Waals surface area contributed by atoms with Gasteiger partial charge >= 0.3 is 17.6 Å². The molecule has 10 heteroatoms. The van der Waals surface area contributed by atoms with Crippen LogP contribution in [-0.4, -0.2) is 43.0 Å². The van der Waals surface area contributed by atoms with E-state index in [1.54, 1.807) is 41.5 Å². The molecule has 0 amide bonds. The fourth-order valence-corrected chi connectivity index (χ4v) is 10.6. The minimum absolute atomic E-state index is 0.429. The van der Waals surface area contributed by atoms with Gasteiger partial charge in [-0.3, -0.25) is 18.7 Å². The number of hydrogen-bond donors (Lipinski definition) is 1. The molecular weight excluding hydrogens is 603 g/mol. The van der Waals surface area contributed by atoms with Gasteiger partial charge in [-0.1, -0.05) is 54.6 Å². The number of esters is 2. The highest BCUT2D eigenvalue weighted by Crippen LogP contribution is 2.64. The summed E-state index contributed by atoms with van der Waals surface area (Å²) in [5, 5.41) is 13.7. The molecule has 0 saturated carbocycles. The summed E-state index contributed by atoms with van der Waals surface area (Å²) in [6, 6.07) is 28.1. The molecule has 3 aromatic carbocycles. The van der Waals surface area contributed by atoms with E-state index < -0.39 is 64.7 Å². The van der Waals surface area contributed by atoms with Crippen LogP contribution in [0.5, 0.6) is 5.88 Å². The van der Waals surface area contributed by atoms with Gasteiger partial charge in [-0.05, 0) is 77.9 Å². The Morgan fingerprint density at radius 2 is 1.02 bits per heavy atom. The van der Waals surface area contributed by atoms with Gasteiger partial charge in [0.2, 0.25) is 5.88 Å². The summed E-state index contributed by atoms with van der Waals surface area (Å²) in [4.78, 5) is 56.6. The Hall–Kier alpha value is -4.49. The average molecular weight is 646 g/mol. The Bertz CT molecular complexity index is 1720. The summed E-state index contributed by atoms with van der Waals surface area (Å²) >= 11 is 0. The fraction of sp³-hybridized carbons (Fsp3) is 0.333. The Balaban J connectivity index is 2.32. The third-order valence-electron chi connectivity index (χ3n) is 7.51. The topological polar surface area (TPSA) is 117 Å². The van der Waals surface area contributed by atoms with E-state index in [4.69, 9.17) is 9.47 Å². The molecule has 9 nitrogen and oxygen atoms in total. The molecule has 0 aliphatic heterocycles. The summed E-state index contributed by atoms with van der Waals surface area (Å²) in [5.74, 6) is -4.11. The Kier molecular flexibility index (Phi) is 9.78. The molecule has 2 atom stereocenters. The van der Waals surface area contributed by atoms with Crippen LogP contribution >= 0.6 is 7.26 Å². The van der Waals surface area contributed by atoms with Crippen LogP contribution in [0.4, 0.5) is 0 Å². The van der Waals surface area contributed by atoms with Crippen LogP contribution in [0.15, 0.2) is 101 Å². The van der Waals surface area contributed by atoms with Crippen molar-refractivity contribution in [1.29, 1.82) is 0 Å². The lowest BCUT2D eigenvalue weighted by molar-refractivity contribution is -0.163. The quantitative estimate of drug-likeness (QED) is 0.228. The SMILES string of the molecule is Cn1c(O)c(C(C(=O)OC(C)(C)C)C(C(=O)OC(C)(C)C)[P+](c2ccccc2)(c2ccccc2)c2ccccc2)c(=O)n(C)c1=O. The summed E-state index contributed by atoms with van der Waals surface area (Å²) < 4.78 is 13.8. The van der Waals surface area contributed by atoms with Gasteiger partial charge in [0, 0.05) is 14.1 Å². The van der Waals surface area contributed by atoms with Crippen LogP contribution in [0, 0.1) is 0 Å². The van der Waals surface area contributed by atoms with Crippen molar-refractivity contribution in [2.45, 2.75) is 64.3 Å². The molecule has 0 saturated heterocycles. The number of hydrogen-bond acceptors (Lipinski definition) is 7. The minimum atomic E-state index is -3.35. The predicted octanol–water partition coefficient (Wildman–Crippen LogP) is 3.92. The maximum atomic E-state index is 15.0. The van der Waals surface area contributed by atoms with Crippen LogP contribution in [0.3, 0.4) is 0 Å². The van der Waals surface area contributed by atoms with Crippen molar-refractivity contribution in [2.24, 2.45) is 14.1 Å². The molecule has 0 spiro atoms. The molecular formula is C36H42N2O7P+. The summed E-state index contributed by atoms with van der Waals surface area (Å²) in [6.45, 7) is 10.2. The van der Waals surface area contributed by atoms with Gasteiger partial charge in [0.15, 0.2) is 5.66 Å². The van der Waals surface area contributed by atoms with E-state index in [9.17, 15) is 19.5 Å². The first-order valence-electron chi connectivity index (χ1n) is 15.0. The average Bonchev–Trinajstić information content (AvgIpc) is 3.00. The summed E-state index contributed by atoms with van der Waals surface area (Å²) in [5.41, 5.74) is -5.60. The zero-order valence-corrected chi connectivity index (χ0v) is 28.4. The highest BCUT2D eigenvalue weighted by atomic mass is 31.2. The van der Waals surface area contributed by atoms with Gasteiger partial charge in [0.1, 0.15) is 40.3 Å². The predicted molar refractivity (Wildman–Crippen MR) is 182 cm³/mol. The molecule has 4 aromatic rings. The number of ether oxygens (including phenoxy) is 2. The van der Waals surface area contributed by atoms with E-state index in [0.29, 0.717) is 0 Å². The van der Waals surface area contributed by atoms with E-state index in [-0.39, 0.29) is 0 Å². The largest absolute Gasteiger partial charge is 0.494 e. The van der Waals surface area contributed by atoms with Crippen LogP contribution in [0.2, 0.25) is 0 Å². The smallest absolute Gasteiger partial charge is 0.350 e. The van der Waals surface area contributed by atoms with Crippen molar-refractivity contribution >= 4 is 35.1 Å². The number of nitrogens with zero attached hydrogens (tertiary/aromatic N) is 2. The van der Waals surface area contributed by atoms with Crippen molar-refractivity contribution in [2.75, 3.05) is 0 Å². The molecule has 0 aliphatic carbocycles. The third-order valence-corrected chi connectivity index (χ3v) is 12.2. The second kappa shape index (κ2) is 13.1. The molecule has 1 heterocycles. The van der Waals surface area contributed by atoms with Gasteiger partial charge in [-0.25, -0.2) is 9.59 Å². The zero-order chi connectivity index (χ0) is 34.0. The van der Waals surface area contributed by atoms with Crippen LogP contribution in [-0.2, 0) is 33.2 Å². The lowest BCUT2D eigenvalue weighted by Crippen LogP contribution is -2.52. The minimum Gasteiger partial charge on any atom is -0.494 e. The number of carbonyl (C=O) groups is 2. The van der Waals surface area contributed by atoms with Gasteiger partial charge in [-0.2, -0.15) is 0 Å². The van der Waals surface area contributed by atoms with Crippen LogP contribution in [0.1, 0.15) is 53.0 Å². The molecule has 242 valence electrons. The number of aromatic hydroxyl groups is 1. The number of aromatic nitrogens is 2. The van der Waals surface area contributed by atoms with Crippen molar-refractivity contribution in [1.82, 2.24) is 9.13 Å². The third kappa shape index (κ3) is 6.70. The van der Waals surface area contributed by atoms with Crippen molar-refractivity contribution in [3.05, 3.63) is 117 Å². The van der Waals surface area contributed by atoms with Gasteiger partial charge in [0.05, 0.1) is 5.56 Å². The van der Waals surface area contributed by atoms with Crippen molar-refractivity contribution in [3.8, 4) is 5.88 Å². The maximum Gasteiger partial charge on any atom is 0.350 e. The number of benzene rings is 3. The van der Waals surface area contributed by atoms with E-state index in [1.807, 2.05) is 91.0 Å². The zero-order valence-electron chi connectivity index (χ0n) is 27.6. The normalized spacial score (nSPS) is 13.5. The summed E-state index contributed by atoms with van der Waals surface area (Å²) in [6.07, 6.45) is 0. The maximum absolute atomic E-state index is 15.0. The van der Waals surface area contributed by atoms with E-state index >= 15 is 4.79 Å². The lowest BCUT2D eigenvalue weighted by atomic mass is 9.96. The lowest BCUT2D eigenvalue weighted by Gasteiger charge is -2.38. The number of rotatable bonds is 8. The monoisotopic (exact) mass is 645 g/mol. The molecule has 1 aromatic heterocycles. The molecule has 0 bridgehead atoms.